The van der Waals surface area contributed by atoms with E-state index in [-0.39, 0.29) is 6.04 Å². The minimum Gasteiger partial charge on any atom is -0.455 e. The van der Waals surface area contributed by atoms with E-state index in [1.807, 2.05) is 12.1 Å². The second-order valence-electron chi connectivity index (χ2n) is 17.9. The third kappa shape index (κ3) is 7.06. The first-order valence-corrected chi connectivity index (χ1v) is 23.9. The van der Waals surface area contributed by atoms with Gasteiger partial charge in [0, 0.05) is 55.0 Å². The van der Waals surface area contributed by atoms with Crippen LogP contribution in [0.25, 0.3) is 93.8 Å². The van der Waals surface area contributed by atoms with Crippen LogP contribution in [0, 0.1) is 0 Å². The van der Waals surface area contributed by atoms with Gasteiger partial charge >= 0.3 is 0 Å². The summed E-state index contributed by atoms with van der Waals surface area (Å²) in [5.41, 5.74) is 19.3. The Kier molecular flexibility index (Phi) is 9.98. The molecular formula is C66H46N2O. The van der Waals surface area contributed by atoms with Crippen molar-refractivity contribution in [2.75, 3.05) is 4.90 Å². The molecule has 12 aromatic rings. The zero-order valence-electron chi connectivity index (χ0n) is 37.9. The molecule has 326 valence electrons. The third-order valence-electron chi connectivity index (χ3n) is 14.0. The Morgan fingerprint density at radius 1 is 0.377 bits per heavy atom. The molecule has 0 saturated carbocycles. The SMILES string of the molecule is C1=CCC(n2c3ccccc3c3ccccc32)C(c2ccc(-c3ccccc3N(c3ccc(-c4cccc5c4oc4ccccc45)cc3)c3ccccc3-c3ccc(-c4ccccc4)cc3)cc2)=C1. The number of benzene rings is 10. The average Bonchev–Trinajstić information content (AvgIpc) is 3.98. The fourth-order valence-electron chi connectivity index (χ4n) is 10.8. The molecule has 0 aliphatic heterocycles. The van der Waals surface area contributed by atoms with Gasteiger partial charge in [0.25, 0.3) is 0 Å². The first-order chi connectivity index (χ1) is 34.2. The monoisotopic (exact) mass is 882 g/mol. The van der Waals surface area contributed by atoms with E-state index < -0.39 is 0 Å². The molecule has 2 aromatic heterocycles. The van der Waals surface area contributed by atoms with Crippen molar-refractivity contribution in [3.8, 4) is 44.5 Å². The van der Waals surface area contributed by atoms with E-state index in [0.29, 0.717) is 0 Å². The Bertz CT molecular complexity index is 3860. The molecule has 3 heteroatoms. The van der Waals surface area contributed by atoms with Crippen LogP contribution in [0.1, 0.15) is 18.0 Å². The highest BCUT2D eigenvalue weighted by atomic mass is 16.3. The van der Waals surface area contributed by atoms with Gasteiger partial charge in [-0.3, -0.25) is 0 Å². The molecule has 69 heavy (non-hydrogen) atoms. The number of allylic oxidation sites excluding steroid dienone is 4. The Morgan fingerprint density at radius 2 is 0.855 bits per heavy atom. The molecule has 0 amide bonds. The van der Waals surface area contributed by atoms with E-state index in [2.05, 4.69) is 258 Å². The zero-order valence-corrected chi connectivity index (χ0v) is 37.9. The molecule has 0 bridgehead atoms. The summed E-state index contributed by atoms with van der Waals surface area (Å²) >= 11 is 0. The van der Waals surface area contributed by atoms with E-state index in [9.17, 15) is 0 Å². The van der Waals surface area contributed by atoms with E-state index in [0.717, 1.165) is 78.8 Å². The molecule has 1 unspecified atom stereocenters. The first kappa shape index (κ1) is 40.4. The van der Waals surface area contributed by atoms with Gasteiger partial charge in [-0.2, -0.15) is 0 Å². The first-order valence-electron chi connectivity index (χ1n) is 23.9. The van der Waals surface area contributed by atoms with Crippen molar-refractivity contribution in [1.29, 1.82) is 0 Å². The van der Waals surface area contributed by atoms with E-state index in [4.69, 9.17) is 4.42 Å². The van der Waals surface area contributed by atoms with Gasteiger partial charge in [0.2, 0.25) is 0 Å². The predicted octanol–water partition coefficient (Wildman–Crippen LogP) is 18.4. The summed E-state index contributed by atoms with van der Waals surface area (Å²) in [5, 5.41) is 4.84. The zero-order chi connectivity index (χ0) is 45.7. The van der Waals surface area contributed by atoms with Crippen molar-refractivity contribution in [1.82, 2.24) is 4.57 Å². The molecule has 1 aliphatic carbocycles. The van der Waals surface area contributed by atoms with Crippen molar-refractivity contribution in [2.24, 2.45) is 0 Å². The molecule has 13 rings (SSSR count). The number of anilines is 3. The molecule has 3 nitrogen and oxygen atoms in total. The second-order valence-corrected chi connectivity index (χ2v) is 17.9. The summed E-state index contributed by atoms with van der Waals surface area (Å²) in [6.45, 7) is 0. The molecule has 0 radical (unpaired) electrons. The number of fused-ring (bicyclic) bond motifs is 6. The van der Waals surface area contributed by atoms with Gasteiger partial charge in [0.1, 0.15) is 11.2 Å². The van der Waals surface area contributed by atoms with Gasteiger partial charge < -0.3 is 13.9 Å². The molecule has 0 saturated heterocycles. The molecule has 2 heterocycles. The lowest BCUT2D eigenvalue weighted by Crippen LogP contribution is -2.13. The number of hydrogen-bond donors (Lipinski definition) is 0. The quantitative estimate of drug-likeness (QED) is 0.144. The lowest BCUT2D eigenvalue weighted by atomic mass is 9.90. The van der Waals surface area contributed by atoms with Crippen molar-refractivity contribution in [3.05, 3.63) is 266 Å². The summed E-state index contributed by atoms with van der Waals surface area (Å²) in [6.07, 6.45) is 7.76. The number of furan rings is 1. The van der Waals surface area contributed by atoms with E-state index in [1.54, 1.807) is 0 Å². The molecular weight excluding hydrogens is 837 g/mol. The van der Waals surface area contributed by atoms with Crippen LogP contribution in [0.4, 0.5) is 17.1 Å². The van der Waals surface area contributed by atoms with Crippen molar-refractivity contribution in [3.63, 3.8) is 0 Å². The number of hydrogen-bond acceptors (Lipinski definition) is 2. The van der Waals surface area contributed by atoms with Crippen molar-refractivity contribution >= 4 is 66.4 Å². The van der Waals surface area contributed by atoms with Crippen LogP contribution in [0.15, 0.2) is 265 Å². The summed E-state index contributed by atoms with van der Waals surface area (Å²) in [5.74, 6) is 0. The Labute approximate surface area is 401 Å². The Hall–Kier alpha value is -8.92. The number of para-hydroxylation sites is 6. The van der Waals surface area contributed by atoms with Crippen LogP contribution < -0.4 is 4.90 Å². The topological polar surface area (TPSA) is 21.3 Å². The van der Waals surface area contributed by atoms with E-state index in [1.165, 1.54) is 44.1 Å². The Balaban J connectivity index is 0.918. The summed E-state index contributed by atoms with van der Waals surface area (Å²) in [7, 11) is 0. The number of rotatable bonds is 9. The van der Waals surface area contributed by atoms with Crippen LogP contribution >= 0.6 is 0 Å². The van der Waals surface area contributed by atoms with Gasteiger partial charge in [-0.25, -0.2) is 0 Å². The fourth-order valence-corrected chi connectivity index (χ4v) is 10.8. The number of aromatic nitrogens is 1. The normalized spacial score (nSPS) is 13.6. The standard InChI is InChI=1S/C66H46N2O/c1-2-17-45(18-3-1)46-33-35-47(36-34-46)52-19-4-10-27-60(52)67(51-43-41-50(42-44-51)55-25-16-26-59-58-24-9-15-32-65(58)69-66(55)59)61-28-11-5-20-53(61)48-37-39-49(40-38-48)54-21-6-12-29-62(54)68-63-30-13-7-22-56(63)57-23-8-14-31-64(57)68/h1-28,30-44,62H,29H2. The maximum atomic E-state index is 6.51. The van der Waals surface area contributed by atoms with Gasteiger partial charge in [-0.05, 0) is 87.8 Å². The minimum atomic E-state index is 0.161. The van der Waals surface area contributed by atoms with Gasteiger partial charge in [-0.15, -0.1) is 0 Å². The van der Waals surface area contributed by atoms with Crippen LogP contribution in [-0.4, -0.2) is 4.57 Å². The van der Waals surface area contributed by atoms with Crippen LogP contribution in [0.3, 0.4) is 0 Å². The second kappa shape index (κ2) is 17.1. The van der Waals surface area contributed by atoms with Crippen molar-refractivity contribution < 1.29 is 4.42 Å². The minimum absolute atomic E-state index is 0.161. The maximum Gasteiger partial charge on any atom is 0.143 e. The van der Waals surface area contributed by atoms with Crippen LogP contribution in [-0.2, 0) is 0 Å². The number of nitrogens with zero attached hydrogens (tertiary/aromatic N) is 2. The van der Waals surface area contributed by atoms with E-state index >= 15 is 0 Å². The van der Waals surface area contributed by atoms with Crippen LogP contribution in [0.2, 0.25) is 0 Å². The van der Waals surface area contributed by atoms with Gasteiger partial charge in [0.05, 0.1) is 17.4 Å². The summed E-state index contributed by atoms with van der Waals surface area (Å²) in [6, 6.07) is 88.0. The smallest absolute Gasteiger partial charge is 0.143 e. The molecule has 10 aromatic carbocycles. The third-order valence-corrected chi connectivity index (χ3v) is 14.0. The lowest BCUT2D eigenvalue weighted by molar-refractivity contribution is 0.665. The van der Waals surface area contributed by atoms with Gasteiger partial charge in [-0.1, -0.05) is 218 Å². The van der Waals surface area contributed by atoms with Gasteiger partial charge in [0.15, 0.2) is 0 Å². The summed E-state index contributed by atoms with van der Waals surface area (Å²) < 4.78 is 9.06. The highest BCUT2D eigenvalue weighted by Crippen LogP contribution is 2.47. The fraction of sp³-hybridized carbons (Fsp3) is 0.0303. The van der Waals surface area contributed by atoms with Crippen molar-refractivity contribution in [2.45, 2.75) is 12.5 Å². The summed E-state index contributed by atoms with van der Waals surface area (Å²) in [4.78, 5) is 2.43. The molecule has 0 N–H and O–H groups in total. The maximum absolute atomic E-state index is 6.51. The highest BCUT2D eigenvalue weighted by Gasteiger charge is 2.25. The molecule has 1 atom stereocenters. The highest BCUT2D eigenvalue weighted by molar-refractivity contribution is 6.10. The Morgan fingerprint density at radius 3 is 1.52 bits per heavy atom. The molecule has 0 spiro atoms. The predicted molar refractivity (Wildman–Crippen MR) is 290 cm³/mol. The largest absolute Gasteiger partial charge is 0.455 e. The molecule has 1 aliphatic rings. The average molecular weight is 883 g/mol. The molecule has 0 fully saturated rings. The lowest BCUT2D eigenvalue weighted by Gasteiger charge is -2.30. The van der Waals surface area contributed by atoms with Crippen LogP contribution in [0.5, 0.6) is 0 Å².